The van der Waals surface area contributed by atoms with Crippen molar-refractivity contribution in [1.29, 1.82) is 0 Å². The third kappa shape index (κ3) is 2.14. The lowest BCUT2D eigenvalue weighted by atomic mass is 9.91. The van der Waals surface area contributed by atoms with Crippen molar-refractivity contribution >= 4 is 5.69 Å². The van der Waals surface area contributed by atoms with E-state index in [1.165, 1.54) is 43.4 Å². The van der Waals surface area contributed by atoms with Crippen molar-refractivity contribution < 1.29 is 5.11 Å². The Bertz CT molecular complexity index is 423. The molecule has 1 saturated carbocycles. The largest absolute Gasteiger partial charge is 0.388 e. The van der Waals surface area contributed by atoms with Crippen molar-refractivity contribution in [1.82, 2.24) is 0 Å². The van der Waals surface area contributed by atoms with Crippen LogP contribution in [0.25, 0.3) is 0 Å². The summed E-state index contributed by atoms with van der Waals surface area (Å²) in [5.41, 5.74) is 3.90. The predicted octanol–water partition coefficient (Wildman–Crippen LogP) is 3.29. The number of anilines is 1. The van der Waals surface area contributed by atoms with Crippen molar-refractivity contribution in [3.05, 3.63) is 29.3 Å². The van der Waals surface area contributed by atoms with Gasteiger partial charge in [0.2, 0.25) is 0 Å². The van der Waals surface area contributed by atoms with E-state index in [4.69, 9.17) is 0 Å². The van der Waals surface area contributed by atoms with Gasteiger partial charge in [-0.2, -0.15) is 0 Å². The number of fused-ring (bicyclic) bond motifs is 1. The minimum atomic E-state index is -0.245. The fraction of sp³-hybridized carbons (Fsp3) is 0.625. The quantitative estimate of drug-likeness (QED) is 0.864. The minimum Gasteiger partial charge on any atom is -0.388 e. The maximum Gasteiger partial charge on any atom is 0.0818 e. The number of aryl methyl sites for hydroxylation is 1. The SMILES string of the molecule is CN1CCCc2cc(C(O)C3CCCC3)ccc21. The summed E-state index contributed by atoms with van der Waals surface area (Å²) < 4.78 is 0. The molecule has 3 rings (SSSR count). The molecule has 0 amide bonds. The molecule has 1 atom stereocenters. The van der Waals surface area contributed by atoms with E-state index in [2.05, 4.69) is 30.1 Å². The zero-order valence-corrected chi connectivity index (χ0v) is 11.2. The van der Waals surface area contributed by atoms with Crippen LogP contribution in [0.1, 0.15) is 49.3 Å². The van der Waals surface area contributed by atoms with Gasteiger partial charge in [-0.05, 0) is 48.8 Å². The highest BCUT2D eigenvalue weighted by Gasteiger charge is 2.25. The highest BCUT2D eigenvalue weighted by Crippen LogP contribution is 2.37. The second kappa shape index (κ2) is 4.93. The third-order valence-corrected chi connectivity index (χ3v) is 4.64. The molecule has 1 aliphatic carbocycles. The van der Waals surface area contributed by atoms with Crippen molar-refractivity contribution in [3.63, 3.8) is 0 Å². The molecule has 18 heavy (non-hydrogen) atoms. The van der Waals surface area contributed by atoms with Crippen LogP contribution in [0, 0.1) is 5.92 Å². The van der Waals surface area contributed by atoms with E-state index >= 15 is 0 Å². The van der Waals surface area contributed by atoms with Gasteiger partial charge in [-0.25, -0.2) is 0 Å². The first kappa shape index (κ1) is 12.0. The van der Waals surface area contributed by atoms with Gasteiger partial charge < -0.3 is 10.0 Å². The Labute approximate surface area is 110 Å². The molecule has 1 aromatic rings. The second-order valence-corrected chi connectivity index (χ2v) is 5.90. The van der Waals surface area contributed by atoms with Crippen molar-refractivity contribution in [3.8, 4) is 0 Å². The summed E-state index contributed by atoms with van der Waals surface area (Å²) in [5.74, 6) is 0.490. The Morgan fingerprint density at radius 1 is 1.22 bits per heavy atom. The van der Waals surface area contributed by atoms with E-state index in [-0.39, 0.29) is 6.10 Å². The van der Waals surface area contributed by atoms with Gasteiger partial charge in [0, 0.05) is 19.3 Å². The zero-order chi connectivity index (χ0) is 12.5. The molecule has 2 nitrogen and oxygen atoms in total. The Morgan fingerprint density at radius 2 is 2.00 bits per heavy atom. The molecule has 0 saturated heterocycles. The fourth-order valence-electron chi connectivity index (χ4n) is 3.53. The van der Waals surface area contributed by atoms with E-state index in [9.17, 15) is 5.11 Å². The maximum atomic E-state index is 10.5. The van der Waals surface area contributed by atoms with E-state index in [1.54, 1.807) is 0 Å². The van der Waals surface area contributed by atoms with Crippen LogP contribution in [0.15, 0.2) is 18.2 Å². The number of hydrogen-bond donors (Lipinski definition) is 1. The first-order valence-electron chi connectivity index (χ1n) is 7.28. The average Bonchev–Trinajstić information content (AvgIpc) is 2.91. The van der Waals surface area contributed by atoms with Crippen molar-refractivity contribution in [2.75, 3.05) is 18.5 Å². The Kier molecular flexibility index (Phi) is 3.29. The first-order chi connectivity index (χ1) is 8.75. The van der Waals surface area contributed by atoms with Gasteiger partial charge in [-0.1, -0.05) is 25.0 Å². The topological polar surface area (TPSA) is 23.5 Å². The van der Waals surface area contributed by atoms with Crippen molar-refractivity contribution in [2.24, 2.45) is 5.92 Å². The molecule has 0 aromatic heterocycles. The molecular formula is C16H23NO. The van der Waals surface area contributed by atoms with Gasteiger partial charge in [0.15, 0.2) is 0 Å². The van der Waals surface area contributed by atoms with Gasteiger partial charge in [0.1, 0.15) is 0 Å². The normalized spacial score (nSPS) is 22.0. The number of nitrogens with zero attached hydrogens (tertiary/aromatic N) is 1. The molecule has 1 aliphatic heterocycles. The van der Waals surface area contributed by atoms with E-state index in [0.717, 1.165) is 18.5 Å². The van der Waals surface area contributed by atoms with Gasteiger partial charge in [0.05, 0.1) is 6.10 Å². The molecular weight excluding hydrogens is 222 g/mol. The Balaban J connectivity index is 1.85. The number of aliphatic hydroxyl groups excluding tert-OH is 1. The van der Waals surface area contributed by atoms with Crippen LogP contribution < -0.4 is 4.90 Å². The van der Waals surface area contributed by atoms with Gasteiger partial charge in [-0.15, -0.1) is 0 Å². The molecule has 2 heteroatoms. The first-order valence-corrected chi connectivity index (χ1v) is 7.28. The molecule has 1 N–H and O–H groups in total. The lowest BCUT2D eigenvalue weighted by Gasteiger charge is -2.29. The fourth-order valence-corrected chi connectivity index (χ4v) is 3.53. The average molecular weight is 245 g/mol. The lowest BCUT2D eigenvalue weighted by Crippen LogP contribution is -2.24. The standard InChI is InChI=1S/C16H23NO/c1-17-10-4-7-13-11-14(8-9-15(13)17)16(18)12-5-2-3-6-12/h8-9,11-12,16,18H,2-7,10H2,1H3. The van der Waals surface area contributed by atoms with Gasteiger partial charge in [0.25, 0.3) is 0 Å². The highest BCUT2D eigenvalue weighted by molar-refractivity contribution is 5.56. The summed E-state index contributed by atoms with van der Waals surface area (Å²) in [6, 6.07) is 6.57. The highest BCUT2D eigenvalue weighted by atomic mass is 16.3. The monoisotopic (exact) mass is 245 g/mol. The van der Waals surface area contributed by atoms with Gasteiger partial charge in [-0.3, -0.25) is 0 Å². The summed E-state index contributed by atoms with van der Waals surface area (Å²) in [7, 11) is 2.16. The van der Waals surface area contributed by atoms with Crippen LogP contribution in [-0.2, 0) is 6.42 Å². The lowest BCUT2D eigenvalue weighted by molar-refractivity contribution is 0.111. The molecule has 1 unspecified atom stereocenters. The molecule has 1 fully saturated rings. The predicted molar refractivity (Wildman–Crippen MR) is 75.0 cm³/mol. The van der Waals surface area contributed by atoms with Crippen LogP contribution in [0.2, 0.25) is 0 Å². The molecule has 0 spiro atoms. The summed E-state index contributed by atoms with van der Waals surface area (Å²) in [6.07, 6.45) is 7.10. The third-order valence-electron chi connectivity index (χ3n) is 4.64. The van der Waals surface area contributed by atoms with Crippen LogP contribution in [0.5, 0.6) is 0 Å². The zero-order valence-electron chi connectivity index (χ0n) is 11.2. The summed E-state index contributed by atoms with van der Waals surface area (Å²) in [5, 5.41) is 10.5. The summed E-state index contributed by atoms with van der Waals surface area (Å²) in [4.78, 5) is 2.32. The minimum absolute atomic E-state index is 0.245. The van der Waals surface area contributed by atoms with E-state index in [1.807, 2.05) is 0 Å². The molecule has 0 radical (unpaired) electrons. The Hall–Kier alpha value is -1.02. The number of hydrogen-bond acceptors (Lipinski definition) is 2. The maximum absolute atomic E-state index is 10.5. The van der Waals surface area contributed by atoms with E-state index < -0.39 is 0 Å². The smallest absolute Gasteiger partial charge is 0.0818 e. The molecule has 1 heterocycles. The second-order valence-electron chi connectivity index (χ2n) is 5.90. The number of rotatable bonds is 2. The van der Waals surface area contributed by atoms with Crippen LogP contribution >= 0.6 is 0 Å². The number of benzene rings is 1. The molecule has 0 bridgehead atoms. The van der Waals surface area contributed by atoms with Crippen LogP contribution in [-0.4, -0.2) is 18.7 Å². The van der Waals surface area contributed by atoms with Crippen LogP contribution in [0.3, 0.4) is 0 Å². The molecule has 2 aliphatic rings. The number of aliphatic hydroxyl groups is 1. The van der Waals surface area contributed by atoms with Crippen molar-refractivity contribution in [2.45, 2.75) is 44.6 Å². The summed E-state index contributed by atoms with van der Waals surface area (Å²) >= 11 is 0. The van der Waals surface area contributed by atoms with Gasteiger partial charge >= 0.3 is 0 Å². The van der Waals surface area contributed by atoms with Crippen LogP contribution in [0.4, 0.5) is 5.69 Å². The molecule has 98 valence electrons. The summed E-state index contributed by atoms with van der Waals surface area (Å²) in [6.45, 7) is 1.15. The molecule has 1 aromatic carbocycles. The van der Waals surface area contributed by atoms with E-state index in [0.29, 0.717) is 5.92 Å². The Morgan fingerprint density at radius 3 is 2.78 bits per heavy atom.